The Bertz CT molecular complexity index is 3560. The third kappa shape index (κ3) is 11.4. The van der Waals surface area contributed by atoms with E-state index in [9.17, 15) is 28.8 Å². The van der Waals surface area contributed by atoms with Gasteiger partial charge in [0.15, 0.2) is 15.3 Å². The highest BCUT2D eigenvalue weighted by atomic mass is 32.2. The van der Waals surface area contributed by atoms with Crippen LogP contribution in [-0.2, 0) is 28.8 Å². The Morgan fingerprint density at radius 1 is 0.507 bits per heavy atom. The van der Waals surface area contributed by atoms with E-state index < -0.39 is 0 Å². The molecule has 3 amide bonds. The van der Waals surface area contributed by atoms with Crippen molar-refractivity contribution >= 4 is 113 Å². The van der Waals surface area contributed by atoms with Gasteiger partial charge >= 0.3 is 0 Å². The van der Waals surface area contributed by atoms with Gasteiger partial charge in [0.05, 0.1) is 34.7 Å². The summed E-state index contributed by atoms with van der Waals surface area (Å²) in [5.74, 6) is -1.20. The second kappa shape index (κ2) is 22.2. The molecule has 1 atom stereocenters. The fraction of sp³-hybridized carbons (Fsp3) is 0.140. The van der Waals surface area contributed by atoms with Crippen molar-refractivity contribution in [1.82, 2.24) is 15.3 Å². The fourth-order valence-corrected chi connectivity index (χ4v) is 10.1. The van der Waals surface area contributed by atoms with Gasteiger partial charge in [0.2, 0.25) is 17.7 Å². The maximum Gasteiger partial charge on any atom is 0.234 e. The van der Waals surface area contributed by atoms with Crippen molar-refractivity contribution in [3.05, 3.63) is 207 Å². The van der Waals surface area contributed by atoms with Crippen LogP contribution in [0.1, 0.15) is 60.0 Å². The second-order valence-electron chi connectivity index (χ2n) is 17.2. The summed E-state index contributed by atoms with van der Waals surface area (Å²) in [5.41, 5.74) is 11.9. The molecule has 0 spiro atoms. The van der Waals surface area contributed by atoms with Crippen molar-refractivity contribution in [2.24, 2.45) is 4.99 Å². The normalized spacial score (nSPS) is 18.2. The third-order valence-electron chi connectivity index (χ3n) is 12.0. The molecule has 1 unspecified atom stereocenters. The number of H-pyrrole nitrogens is 2. The number of carbonyl (C=O) groups excluding carboxylic acids is 6. The first-order valence-corrected chi connectivity index (χ1v) is 26.2. The van der Waals surface area contributed by atoms with E-state index in [2.05, 4.69) is 56.4 Å². The molecule has 3 aliphatic heterocycles. The lowest BCUT2D eigenvalue weighted by Gasteiger charge is -2.21. The van der Waals surface area contributed by atoms with Crippen LogP contribution in [0.2, 0.25) is 0 Å². The minimum atomic E-state index is -0.370. The number of hydrogen-bond donors (Lipinski definition) is 6. The van der Waals surface area contributed by atoms with Crippen molar-refractivity contribution in [2.75, 3.05) is 33.2 Å². The third-order valence-corrected chi connectivity index (χ3v) is 14.5. The molecule has 0 aliphatic carbocycles. The van der Waals surface area contributed by atoms with Gasteiger partial charge in [-0.15, -0.1) is 0 Å². The number of para-hydroxylation sites is 3. The largest absolute Gasteiger partial charge is 0.374 e. The first-order valence-electron chi connectivity index (χ1n) is 23.3. The quantitative estimate of drug-likeness (QED) is 0.0654. The van der Waals surface area contributed by atoms with Crippen molar-refractivity contribution in [2.45, 2.75) is 33.7 Å². The number of fused-ring (bicyclic) bond motifs is 7. The van der Waals surface area contributed by atoms with E-state index in [0.29, 0.717) is 73.0 Å². The summed E-state index contributed by atoms with van der Waals surface area (Å²) in [4.78, 5) is 88.8. The van der Waals surface area contributed by atoms with E-state index in [0.717, 1.165) is 68.6 Å². The Labute approximate surface area is 434 Å². The molecule has 73 heavy (non-hydrogen) atoms. The lowest BCUT2D eigenvalue weighted by molar-refractivity contribution is -0.114. The number of thioether (sulfide) groups is 3. The number of allylic oxidation sites excluding steroid dienone is 3. The van der Waals surface area contributed by atoms with Crippen LogP contribution in [0.5, 0.6) is 0 Å². The number of aliphatic imine (C=N–C) groups is 1. The summed E-state index contributed by atoms with van der Waals surface area (Å²) < 4.78 is 0. The van der Waals surface area contributed by atoms with Crippen molar-refractivity contribution in [3.63, 3.8) is 0 Å². The van der Waals surface area contributed by atoms with Crippen molar-refractivity contribution in [1.29, 1.82) is 0 Å². The van der Waals surface area contributed by atoms with Crippen LogP contribution in [-0.4, -0.2) is 72.0 Å². The zero-order valence-electron chi connectivity index (χ0n) is 40.2. The van der Waals surface area contributed by atoms with Gasteiger partial charge in [-0.3, -0.25) is 28.8 Å². The van der Waals surface area contributed by atoms with Crippen molar-refractivity contribution in [3.8, 4) is 0 Å². The molecule has 6 aromatic rings. The Morgan fingerprint density at radius 3 is 1.51 bits per heavy atom. The van der Waals surface area contributed by atoms with Crippen LogP contribution in [0.25, 0.3) is 22.3 Å². The molecule has 13 nitrogen and oxygen atoms in total. The van der Waals surface area contributed by atoms with E-state index in [1.165, 1.54) is 20.8 Å². The molecule has 16 heteroatoms. The highest BCUT2D eigenvalue weighted by Gasteiger charge is 2.28. The molecule has 5 heterocycles. The molecular weight excluding hydrogens is 975 g/mol. The smallest absolute Gasteiger partial charge is 0.234 e. The van der Waals surface area contributed by atoms with Gasteiger partial charge in [-0.1, -0.05) is 120 Å². The number of anilines is 3. The predicted octanol–water partition coefficient (Wildman–Crippen LogP) is 8.48. The number of carbonyl (C=O) groups is 6. The lowest BCUT2D eigenvalue weighted by Crippen LogP contribution is -2.30. The molecule has 2 aromatic heterocycles. The Kier molecular flexibility index (Phi) is 15.2. The van der Waals surface area contributed by atoms with Crippen LogP contribution < -0.4 is 32.0 Å². The number of amides is 3. The average molecular weight is 1020 g/mol. The van der Waals surface area contributed by atoms with Crippen LogP contribution >= 0.6 is 35.3 Å². The summed E-state index contributed by atoms with van der Waals surface area (Å²) in [5, 5.41) is 14.0. The summed E-state index contributed by atoms with van der Waals surface area (Å²) >= 11 is 2.79. The maximum absolute atomic E-state index is 13.4. The van der Waals surface area contributed by atoms with E-state index in [-0.39, 0.29) is 56.4 Å². The molecule has 3 aliphatic rings. The summed E-state index contributed by atoms with van der Waals surface area (Å²) in [7, 11) is 0. The van der Waals surface area contributed by atoms with Gasteiger partial charge in [-0.25, -0.2) is 4.99 Å². The zero-order chi connectivity index (χ0) is 51.2. The molecule has 9 rings (SSSR count). The van der Waals surface area contributed by atoms with Gasteiger partial charge in [-0.05, 0) is 78.7 Å². The number of aryl methyl sites for hydroxylation is 1. The monoisotopic (exact) mass is 1020 g/mol. The topological polar surface area (TPSA) is 194 Å². The van der Waals surface area contributed by atoms with E-state index in [1.54, 1.807) is 6.07 Å². The molecule has 0 fully saturated rings. The molecule has 366 valence electrons. The first-order chi connectivity index (χ1) is 35.3. The Morgan fingerprint density at radius 2 is 0.973 bits per heavy atom. The highest BCUT2D eigenvalue weighted by Crippen LogP contribution is 2.40. The van der Waals surface area contributed by atoms with Gasteiger partial charge in [-0.2, -0.15) is 0 Å². The molecule has 6 N–H and O–H groups in total. The summed E-state index contributed by atoms with van der Waals surface area (Å²) in [6, 6.07) is 38.3. The van der Waals surface area contributed by atoms with Crippen LogP contribution in [0.15, 0.2) is 162 Å². The first kappa shape index (κ1) is 50.0. The van der Waals surface area contributed by atoms with Gasteiger partial charge in [0, 0.05) is 105 Å². The SMILES string of the molecule is CC(=O)SCC(=O)Nc1ccccc1/C1=C2\C=CC(=N2)/C(c2ccccc2NC(=O)CSC(C)=O)=c2/cc/c([nH]2)=C(\c2ccccc2C)C2C=C/C(=C(\c3ccccc3NC(=O)CSC(C)=O)c3ccc1[nH]3)N2. The fourth-order valence-electron chi connectivity index (χ4n) is 8.93. The molecular formula is C57H49N7O6S3. The van der Waals surface area contributed by atoms with E-state index in [1.807, 2.05) is 121 Å². The predicted molar refractivity (Wildman–Crippen MR) is 296 cm³/mol. The Balaban J connectivity index is 1.33. The molecule has 0 saturated heterocycles. The molecule has 8 bridgehead atoms. The van der Waals surface area contributed by atoms with Crippen LogP contribution in [0, 0.1) is 6.92 Å². The van der Waals surface area contributed by atoms with Gasteiger partial charge in [0.1, 0.15) is 0 Å². The van der Waals surface area contributed by atoms with Gasteiger partial charge in [0.25, 0.3) is 0 Å². The average Bonchev–Trinajstić information content (AvgIpc) is 4.23. The highest BCUT2D eigenvalue weighted by molar-refractivity contribution is 8.14. The maximum atomic E-state index is 13.4. The molecule has 0 radical (unpaired) electrons. The zero-order valence-corrected chi connectivity index (χ0v) is 42.6. The van der Waals surface area contributed by atoms with Crippen molar-refractivity contribution < 1.29 is 28.8 Å². The number of rotatable bonds is 13. The summed E-state index contributed by atoms with van der Waals surface area (Å²) in [6.07, 6.45) is 8.01. The summed E-state index contributed by atoms with van der Waals surface area (Å²) in [6.45, 7) is 6.36. The van der Waals surface area contributed by atoms with Gasteiger partial charge < -0.3 is 31.2 Å². The number of nitrogens with one attached hydrogen (secondary N) is 6. The standard InChI is InChI=1S/C57H49N7O6S3/c1-32-13-5-6-14-36(32)54-43-21-23-45(58-43)55(37-15-7-10-18-40(37)62-51(68)29-71-33(2)65)47-25-27-49(60-47)57(39-17-9-12-20-42(39)64-53(70)31-73-35(4)67)50-28-26-48(61-50)56(46-24-22-44(54)59-46)38-16-8-11-19-41(38)63-52(69)30-72-34(3)66/h5-28,43,58-60H,29-31H2,1-4H3,(H,62,68)(H,63,69)(H,64,70)/b54-44-,55-45-,56-46-,57-50-. The number of aromatic amines is 2. The van der Waals surface area contributed by atoms with Crippen LogP contribution in [0.4, 0.5) is 17.1 Å². The number of benzene rings is 4. The molecule has 4 aromatic carbocycles. The number of aromatic nitrogens is 2. The van der Waals surface area contributed by atoms with Crippen LogP contribution in [0.3, 0.4) is 0 Å². The number of nitrogens with zero attached hydrogens (tertiary/aromatic N) is 1. The lowest BCUT2D eigenvalue weighted by atomic mass is 9.94. The Hall–Kier alpha value is -7.92. The van der Waals surface area contributed by atoms with E-state index >= 15 is 0 Å². The minimum absolute atomic E-state index is 0.0503. The second-order valence-corrected chi connectivity index (χ2v) is 20.6. The minimum Gasteiger partial charge on any atom is -0.374 e. The molecule has 0 saturated carbocycles. The number of hydrogen-bond acceptors (Lipinski definition) is 11. The van der Waals surface area contributed by atoms with E-state index in [4.69, 9.17) is 4.99 Å².